The van der Waals surface area contributed by atoms with Crippen molar-refractivity contribution in [2.24, 2.45) is 10.9 Å². The first-order chi connectivity index (χ1) is 14.0. The molecule has 1 unspecified atom stereocenters. The number of hydrogen-bond donors (Lipinski definition) is 2. The van der Waals surface area contributed by atoms with Gasteiger partial charge in [0.15, 0.2) is 5.96 Å². The monoisotopic (exact) mass is 535 g/mol. The molecule has 0 aromatic carbocycles. The molecule has 2 aliphatic heterocycles. The van der Waals surface area contributed by atoms with E-state index < -0.39 is 0 Å². The number of rotatable bonds is 6. The molecular weight excluding hydrogens is 493 g/mol. The number of likely N-dealkylation sites (tertiary alicyclic amines) is 1. The van der Waals surface area contributed by atoms with Gasteiger partial charge in [-0.25, -0.2) is 0 Å². The van der Waals surface area contributed by atoms with Gasteiger partial charge in [-0.15, -0.1) is 24.0 Å². The molecule has 1 aliphatic carbocycles. The molecule has 2 saturated heterocycles. The Balaban J connectivity index is 0.00000320. The molecule has 1 saturated carbocycles. The maximum absolute atomic E-state index is 12.3. The average Bonchev–Trinajstić information content (AvgIpc) is 3.21. The van der Waals surface area contributed by atoms with Gasteiger partial charge in [0.2, 0.25) is 5.91 Å². The van der Waals surface area contributed by atoms with Gasteiger partial charge in [0.05, 0.1) is 19.8 Å². The van der Waals surface area contributed by atoms with Crippen molar-refractivity contribution in [2.75, 3.05) is 52.5 Å². The molecule has 0 bridgehead atoms. The first-order valence-electron chi connectivity index (χ1n) is 11.7. The molecule has 1 amide bonds. The first-order valence-corrected chi connectivity index (χ1v) is 11.7. The van der Waals surface area contributed by atoms with E-state index in [4.69, 9.17) is 9.73 Å². The Kier molecular flexibility index (Phi) is 10.6. The van der Waals surface area contributed by atoms with Crippen LogP contribution in [0.2, 0.25) is 0 Å². The van der Waals surface area contributed by atoms with Crippen molar-refractivity contribution in [1.29, 1.82) is 0 Å². The summed E-state index contributed by atoms with van der Waals surface area (Å²) in [6.45, 7) is 13.1. The summed E-state index contributed by atoms with van der Waals surface area (Å²) in [4.78, 5) is 22.0. The third kappa shape index (κ3) is 6.69. The third-order valence-corrected chi connectivity index (χ3v) is 6.68. The summed E-state index contributed by atoms with van der Waals surface area (Å²) in [6, 6.07) is 0.279. The molecule has 3 rings (SSSR count). The fourth-order valence-electron chi connectivity index (χ4n) is 5.00. The van der Waals surface area contributed by atoms with Gasteiger partial charge in [0.1, 0.15) is 0 Å². The highest BCUT2D eigenvalue weighted by Gasteiger charge is 2.38. The Labute approximate surface area is 199 Å². The van der Waals surface area contributed by atoms with E-state index in [1.165, 1.54) is 32.1 Å². The Hall–Kier alpha value is -0.610. The molecule has 2 heterocycles. The number of halogens is 1. The van der Waals surface area contributed by atoms with Crippen LogP contribution in [0.15, 0.2) is 4.99 Å². The highest BCUT2D eigenvalue weighted by molar-refractivity contribution is 14.0. The van der Waals surface area contributed by atoms with E-state index >= 15 is 0 Å². The van der Waals surface area contributed by atoms with Crippen molar-refractivity contribution in [3.8, 4) is 0 Å². The van der Waals surface area contributed by atoms with E-state index in [9.17, 15) is 4.79 Å². The number of nitrogens with one attached hydrogen (secondary N) is 2. The number of hydrogen-bond acceptors (Lipinski definition) is 4. The SMILES string of the molecule is CCNC(=NCC1(N2CCOCC2)CCCCC1)NC1CCN(C(=O)C(C)C)C1.I. The van der Waals surface area contributed by atoms with Crippen molar-refractivity contribution in [2.45, 2.75) is 70.9 Å². The predicted molar refractivity (Wildman–Crippen MR) is 133 cm³/mol. The zero-order chi connectivity index (χ0) is 20.7. The van der Waals surface area contributed by atoms with Gasteiger partial charge in [-0.05, 0) is 26.2 Å². The van der Waals surface area contributed by atoms with Crippen LogP contribution in [-0.2, 0) is 9.53 Å². The summed E-state index contributed by atoms with van der Waals surface area (Å²) in [5.74, 6) is 1.22. The van der Waals surface area contributed by atoms with E-state index in [2.05, 4.69) is 22.5 Å². The molecule has 7 nitrogen and oxygen atoms in total. The summed E-state index contributed by atoms with van der Waals surface area (Å²) in [7, 11) is 0. The summed E-state index contributed by atoms with van der Waals surface area (Å²) >= 11 is 0. The molecular formula is C22H42IN5O2. The van der Waals surface area contributed by atoms with Gasteiger partial charge in [0.25, 0.3) is 0 Å². The molecule has 0 aromatic heterocycles. The Morgan fingerprint density at radius 3 is 2.50 bits per heavy atom. The quantitative estimate of drug-likeness (QED) is 0.311. The number of morpholine rings is 1. The minimum absolute atomic E-state index is 0. The van der Waals surface area contributed by atoms with Crippen LogP contribution >= 0.6 is 24.0 Å². The van der Waals surface area contributed by atoms with Crippen molar-refractivity contribution in [1.82, 2.24) is 20.4 Å². The highest BCUT2D eigenvalue weighted by Crippen LogP contribution is 2.34. The van der Waals surface area contributed by atoms with Crippen molar-refractivity contribution in [3.63, 3.8) is 0 Å². The van der Waals surface area contributed by atoms with Crippen LogP contribution in [0.5, 0.6) is 0 Å². The maximum Gasteiger partial charge on any atom is 0.225 e. The fraction of sp³-hybridized carbons (Fsp3) is 0.909. The van der Waals surface area contributed by atoms with Gasteiger partial charge in [-0.2, -0.15) is 0 Å². The van der Waals surface area contributed by atoms with Gasteiger partial charge < -0.3 is 20.3 Å². The molecule has 0 aromatic rings. The molecule has 0 spiro atoms. The molecule has 0 radical (unpaired) electrons. The lowest BCUT2D eigenvalue weighted by molar-refractivity contribution is -0.133. The van der Waals surface area contributed by atoms with Gasteiger partial charge >= 0.3 is 0 Å². The Bertz CT molecular complexity index is 560. The van der Waals surface area contributed by atoms with Gasteiger partial charge in [0, 0.05) is 50.2 Å². The fourth-order valence-corrected chi connectivity index (χ4v) is 5.00. The second-order valence-corrected chi connectivity index (χ2v) is 9.15. The Morgan fingerprint density at radius 2 is 1.87 bits per heavy atom. The topological polar surface area (TPSA) is 69.2 Å². The average molecular weight is 536 g/mol. The van der Waals surface area contributed by atoms with Gasteiger partial charge in [-0.1, -0.05) is 33.1 Å². The van der Waals surface area contributed by atoms with E-state index in [0.717, 1.165) is 64.9 Å². The number of ether oxygens (including phenoxy) is 1. The van der Waals surface area contributed by atoms with E-state index in [0.29, 0.717) is 0 Å². The van der Waals surface area contributed by atoms with Crippen LogP contribution in [-0.4, -0.2) is 85.7 Å². The van der Waals surface area contributed by atoms with Crippen LogP contribution in [0, 0.1) is 5.92 Å². The largest absolute Gasteiger partial charge is 0.379 e. The Morgan fingerprint density at radius 1 is 1.17 bits per heavy atom. The maximum atomic E-state index is 12.3. The zero-order valence-corrected chi connectivity index (χ0v) is 21.5. The first kappa shape index (κ1) is 25.6. The lowest BCUT2D eigenvalue weighted by Crippen LogP contribution is -2.57. The van der Waals surface area contributed by atoms with E-state index in [-0.39, 0.29) is 47.4 Å². The number of carbonyl (C=O) groups is 1. The number of aliphatic imine (C=N–C) groups is 1. The van der Waals surface area contributed by atoms with Crippen molar-refractivity contribution < 1.29 is 9.53 Å². The lowest BCUT2D eigenvalue weighted by atomic mass is 9.80. The third-order valence-electron chi connectivity index (χ3n) is 6.68. The predicted octanol–water partition coefficient (Wildman–Crippen LogP) is 2.45. The summed E-state index contributed by atoms with van der Waals surface area (Å²) in [6.07, 6.45) is 7.39. The van der Waals surface area contributed by atoms with Crippen LogP contribution in [0.4, 0.5) is 0 Å². The minimum atomic E-state index is 0. The van der Waals surface area contributed by atoms with Crippen LogP contribution in [0.1, 0.15) is 59.3 Å². The number of guanidine groups is 1. The number of carbonyl (C=O) groups excluding carboxylic acids is 1. The number of amides is 1. The smallest absolute Gasteiger partial charge is 0.225 e. The van der Waals surface area contributed by atoms with Crippen molar-refractivity contribution in [3.05, 3.63) is 0 Å². The number of nitrogens with zero attached hydrogens (tertiary/aromatic N) is 3. The summed E-state index contributed by atoms with van der Waals surface area (Å²) < 4.78 is 5.60. The molecule has 30 heavy (non-hydrogen) atoms. The normalized spacial score (nSPS) is 25.1. The molecule has 8 heteroatoms. The van der Waals surface area contributed by atoms with Gasteiger partial charge in [-0.3, -0.25) is 14.7 Å². The lowest BCUT2D eigenvalue weighted by Gasteiger charge is -2.47. The van der Waals surface area contributed by atoms with Crippen LogP contribution in [0.25, 0.3) is 0 Å². The second-order valence-electron chi connectivity index (χ2n) is 9.15. The summed E-state index contributed by atoms with van der Waals surface area (Å²) in [5.41, 5.74) is 0.180. The molecule has 2 N–H and O–H groups in total. The molecule has 1 atom stereocenters. The molecule has 3 fully saturated rings. The minimum Gasteiger partial charge on any atom is -0.379 e. The highest BCUT2D eigenvalue weighted by atomic mass is 127. The van der Waals surface area contributed by atoms with E-state index in [1.807, 2.05) is 18.7 Å². The van der Waals surface area contributed by atoms with Crippen molar-refractivity contribution >= 4 is 35.8 Å². The second kappa shape index (κ2) is 12.4. The standard InChI is InChI=1S/C22H41N5O2.HI/c1-4-23-21(25-19-8-11-26(16-19)20(28)18(2)3)24-17-22(9-6-5-7-10-22)27-12-14-29-15-13-27;/h18-19H,4-17H2,1-3H3,(H2,23,24,25);1H. The molecule has 174 valence electrons. The summed E-state index contributed by atoms with van der Waals surface area (Å²) in [5, 5.41) is 7.03. The van der Waals surface area contributed by atoms with E-state index in [1.54, 1.807) is 0 Å². The zero-order valence-electron chi connectivity index (χ0n) is 19.1. The van der Waals surface area contributed by atoms with Crippen LogP contribution in [0.3, 0.4) is 0 Å². The molecule has 3 aliphatic rings. The van der Waals surface area contributed by atoms with Crippen LogP contribution < -0.4 is 10.6 Å².